The first kappa shape index (κ1) is 57.1. The van der Waals surface area contributed by atoms with Crippen LogP contribution in [0.15, 0.2) is 12.2 Å². The molecule has 1 aliphatic carbocycles. The van der Waals surface area contributed by atoms with E-state index in [4.69, 9.17) is 18.5 Å². The maximum absolute atomic E-state index is 12.8. The van der Waals surface area contributed by atoms with Gasteiger partial charge in [-0.2, -0.15) is 0 Å². The Kier molecular flexibility index (Phi) is 36.7. The van der Waals surface area contributed by atoms with Gasteiger partial charge in [-0.3, -0.25) is 13.8 Å². The summed E-state index contributed by atoms with van der Waals surface area (Å²) >= 11 is 0. The molecule has 1 saturated carbocycles. The largest absolute Gasteiger partial charge is 0.472 e. The van der Waals surface area contributed by atoms with Crippen LogP contribution < -0.4 is 0 Å². The topological polar surface area (TPSA) is 192 Å². The van der Waals surface area contributed by atoms with Crippen molar-refractivity contribution < 1.29 is 58.3 Å². The fourth-order valence-electron chi connectivity index (χ4n) is 7.70. The molecule has 6 unspecified atom stereocenters. The van der Waals surface area contributed by atoms with Gasteiger partial charge in [-0.05, 0) is 38.5 Å². The number of carbonyl (C=O) groups excluding carboxylic acids is 1. The van der Waals surface area contributed by atoms with E-state index in [2.05, 4.69) is 26.0 Å². The molecule has 13 heteroatoms. The number of rotatable bonds is 42. The van der Waals surface area contributed by atoms with Gasteiger partial charge in [-0.15, -0.1) is 0 Å². The van der Waals surface area contributed by atoms with Crippen molar-refractivity contribution in [1.82, 2.24) is 0 Å². The van der Waals surface area contributed by atoms with Gasteiger partial charge in [0.25, 0.3) is 0 Å². The number of carbonyl (C=O) groups is 1. The van der Waals surface area contributed by atoms with Crippen LogP contribution in [0.1, 0.15) is 219 Å². The molecule has 0 aliphatic heterocycles. The molecule has 0 radical (unpaired) electrons. The number of hydrogen-bond acceptors (Lipinski definition) is 11. The molecule has 1 fully saturated rings. The molecule has 0 aromatic rings. The van der Waals surface area contributed by atoms with E-state index in [1.54, 1.807) is 0 Å². The number of ether oxygens (including phenoxy) is 2. The van der Waals surface area contributed by atoms with E-state index in [0.717, 1.165) is 44.9 Å². The Labute approximate surface area is 365 Å². The monoisotopic (exact) mass is 879 g/mol. The summed E-state index contributed by atoms with van der Waals surface area (Å²) < 4.78 is 34.2. The van der Waals surface area contributed by atoms with Crippen molar-refractivity contribution in [2.24, 2.45) is 0 Å². The minimum atomic E-state index is -5.01. The van der Waals surface area contributed by atoms with E-state index in [9.17, 15) is 39.8 Å². The van der Waals surface area contributed by atoms with Gasteiger partial charge in [0.05, 0.1) is 13.2 Å². The lowest BCUT2D eigenvalue weighted by molar-refractivity contribution is -0.220. The van der Waals surface area contributed by atoms with Crippen molar-refractivity contribution in [1.29, 1.82) is 0 Å². The number of phosphoric acid groups is 1. The normalized spacial score (nSPS) is 22.3. The molecule has 1 aliphatic rings. The molecule has 0 saturated heterocycles. The van der Waals surface area contributed by atoms with E-state index in [1.165, 1.54) is 148 Å². The molecule has 8 atom stereocenters. The van der Waals surface area contributed by atoms with Crippen LogP contribution in [-0.4, -0.2) is 98.9 Å². The highest BCUT2D eigenvalue weighted by atomic mass is 31.2. The summed E-state index contributed by atoms with van der Waals surface area (Å²) in [5, 5.41) is 50.2. The molecule has 0 aromatic carbocycles. The van der Waals surface area contributed by atoms with Crippen molar-refractivity contribution in [3.8, 4) is 0 Å². The summed E-state index contributed by atoms with van der Waals surface area (Å²) in [7, 11) is -5.01. The van der Waals surface area contributed by atoms with Crippen molar-refractivity contribution >= 4 is 13.8 Å². The van der Waals surface area contributed by atoms with Gasteiger partial charge < -0.3 is 39.9 Å². The van der Waals surface area contributed by atoms with Crippen LogP contribution in [0.3, 0.4) is 0 Å². The molecule has 1 rings (SSSR count). The van der Waals surface area contributed by atoms with Crippen LogP contribution in [0.25, 0.3) is 0 Å². The standard InChI is InChI=1S/C47H91O12P/c1-3-5-7-9-11-13-15-17-19-21-22-24-26-28-30-32-34-36-41(48)58-40(39-57-60(54,55)59-47-45(52)43(50)42(49)44(51)46(47)53)38-56-37-35-33-31-29-27-25-23-20-18-16-14-12-10-8-6-4-2/h17,19,40,42-47,49-53H,3-16,18,20-39H2,1-2H3,(H,54,55)/b19-17-/t40-,42?,43-,44?,45?,46?,47?/m1/s1. The second-order valence-corrected chi connectivity index (χ2v) is 18.7. The minimum absolute atomic E-state index is 0.0724. The van der Waals surface area contributed by atoms with Gasteiger partial charge in [0.2, 0.25) is 0 Å². The summed E-state index contributed by atoms with van der Waals surface area (Å²) in [4.78, 5) is 23.2. The van der Waals surface area contributed by atoms with Gasteiger partial charge in [-0.25, -0.2) is 4.57 Å². The van der Waals surface area contributed by atoms with E-state index >= 15 is 0 Å². The predicted molar refractivity (Wildman–Crippen MR) is 240 cm³/mol. The van der Waals surface area contributed by atoms with Gasteiger partial charge in [0.1, 0.15) is 42.7 Å². The fourth-order valence-corrected chi connectivity index (χ4v) is 8.68. The zero-order valence-electron chi connectivity index (χ0n) is 38.0. The Morgan fingerprint density at radius 2 is 0.883 bits per heavy atom. The van der Waals surface area contributed by atoms with Crippen LogP contribution in [-0.2, 0) is 27.9 Å². The fraction of sp³-hybridized carbons (Fsp3) is 0.936. The smallest absolute Gasteiger partial charge is 0.457 e. The van der Waals surface area contributed by atoms with E-state index in [-0.39, 0.29) is 13.0 Å². The average molecular weight is 879 g/mol. The molecule has 0 heterocycles. The Balaban J connectivity index is 2.36. The molecule has 0 amide bonds. The summed E-state index contributed by atoms with van der Waals surface area (Å²) in [5.41, 5.74) is 0. The molecule has 0 aromatic heterocycles. The third kappa shape index (κ3) is 30.2. The molecule has 356 valence electrons. The number of unbranched alkanes of at least 4 members (excludes halogenated alkanes) is 28. The third-order valence-corrected chi connectivity index (χ3v) is 12.6. The summed E-state index contributed by atoms with van der Waals surface area (Å²) in [5.74, 6) is -0.477. The highest BCUT2D eigenvalue weighted by Gasteiger charge is 2.51. The van der Waals surface area contributed by atoms with Crippen molar-refractivity contribution in [2.75, 3.05) is 19.8 Å². The Bertz CT molecular complexity index is 1050. The number of allylic oxidation sites excluding steroid dienone is 2. The summed E-state index contributed by atoms with van der Waals surface area (Å²) in [6.07, 6.45) is 29.9. The number of aliphatic hydroxyl groups excluding tert-OH is 5. The second-order valence-electron chi connectivity index (χ2n) is 17.3. The van der Waals surface area contributed by atoms with Crippen LogP contribution in [0.2, 0.25) is 0 Å². The average Bonchev–Trinajstić information content (AvgIpc) is 3.23. The van der Waals surface area contributed by atoms with Gasteiger partial charge in [-0.1, -0.05) is 187 Å². The molecular weight excluding hydrogens is 787 g/mol. The molecule has 12 nitrogen and oxygen atoms in total. The molecule has 60 heavy (non-hydrogen) atoms. The number of phosphoric ester groups is 1. The molecule has 6 N–H and O–H groups in total. The number of esters is 1. The van der Waals surface area contributed by atoms with Crippen molar-refractivity contribution in [3.05, 3.63) is 12.2 Å². The Morgan fingerprint density at radius 1 is 0.517 bits per heavy atom. The maximum Gasteiger partial charge on any atom is 0.472 e. The van der Waals surface area contributed by atoms with Crippen molar-refractivity contribution in [3.63, 3.8) is 0 Å². The van der Waals surface area contributed by atoms with Crippen molar-refractivity contribution in [2.45, 2.75) is 262 Å². The highest BCUT2D eigenvalue weighted by Crippen LogP contribution is 2.47. The second kappa shape index (κ2) is 38.5. The Morgan fingerprint density at radius 3 is 1.32 bits per heavy atom. The molecule has 0 bridgehead atoms. The van der Waals surface area contributed by atoms with Crippen LogP contribution >= 0.6 is 7.82 Å². The van der Waals surface area contributed by atoms with E-state index < -0.39 is 63.1 Å². The maximum atomic E-state index is 12.8. The van der Waals surface area contributed by atoms with Gasteiger partial charge in [0, 0.05) is 13.0 Å². The lowest BCUT2D eigenvalue weighted by atomic mass is 9.85. The first-order valence-electron chi connectivity index (χ1n) is 24.5. The SMILES string of the molecule is CCCCCCCC/C=C\CCCCCCCCCC(=O)O[C@H](COCCCCCCCCCCCCCCCCCC)COP(=O)(O)OC1C(O)C(O)C(O)[C@@H](O)C1O. The molecular formula is C47H91O12P. The zero-order valence-corrected chi connectivity index (χ0v) is 38.9. The Hall–Kier alpha value is -0.920. The third-order valence-electron chi connectivity index (χ3n) is 11.6. The molecule has 0 spiro atoms. The van der Waals surface area contributed by atoms with Crippen LogP contribution in [0, 0.1) is 0 Å². The first-order valence-corrected chi connectivity index (χ1v) is 26.0. The highest BCUT2D eigenvalue weighted by molar-refractivity contribution is 7.47. The van der Waals surface area contributed by atoms with Gasteiger partial charge >= 0.3 is 13.8 Å². The number of aliphatic hydroxyl groups is 5. The minimum Gasteiger partial charge on any atom is -0.457 e. The van der Waals surface area contributed by atoms with E-state index in [1.807, 2.05) is 0 Å². The first-order chi connectivity index (χ1) is 29.0. The number of hydrogen-bond donors (Lipinski definition) is 6. The lowest BCUT2D eigenvalue weighted by Crippen LogP contribution is -2.64. The predicted octanol–water partition coefficient (Wildman–Crippen LogP) is 10.3. The van der Waals surface area contributed by atoms with Crippen LogP contribution in [0.5, 0.6) is 0 Å². The van der Waals surface area contributed by atoms with Gasteiger partial charge in [0.15, 0.2) is 0 Å². The quantitative estimate of drug-likeness (QED) is 0.0147. The lowest BCUT2D eigenvalue weighted by Gasteiger charge is -2.41. The van der Waals surface area contributed by atoms with E-state index in [0.29, 0.717) is 13.0 Å². The summed E-state index contributed by atoms with van der Waals surface area (Å²) in [6, 6.07) is 0. The zero-order chi connectivity index (χ0) is 44.1. The summed E-state index contributed by atoms with van der Waals surface area (Å²) in [6.45, 7) is 4.28. The van der Waals surface area contributed by atoms with Crippen LogP contribution in [0.4, 0.5) is 0 Å².